The Hall–Kier alpha value is -2.49. The third-order valence-electron chi connectivity index (χ3n) is 2.00. The van der Waals surface area contributed by atoms with E-state index in [1.165, 1.54) is 24.3 Å². The second kappa shape index (κ2) is 5.91. The smallest absolute Gasteiger partial charge is 0.422 e. The molecule has 0 bridgehead atoms. The van der Waals surface area contributed by atoms with E-state index >= 15 is 0 Å². The highest BCUT2D eigenvalue weighted by molar-refractivity contribution is 6.00. The average molecular weight is 270 g/mol. The number of nitriles is 1. The van der Waals surface area contributed by atoms with Crippen molar-refractivity contribution in [1.29, 1.82) is 5.26 Å². The summed E-state index contributed by atoms with van der Waals surface area (Å²) in [5.74, 6) is -1.05. The minimum atomic E-state index is -4.47. The molecule has 0 saturated heterocycles. The van der Waals surface area contributed by atoms with E-state index in [1.54, 1.807) is 6.07 Å². The normalized spacial score (nSPS) is 11.8. The third-order valence-corrected chi connectivity index (χ3v) is 2.00. The van der Waals surface area contributed by atoms with Gasteiger partial charge in [0.2, 0.25) is 0 Å². The molecular weight excluding hydrogens is 261 g/mol. The van der Waals surface area contributed by atoms with Crippen molar-refractivity contribution in [3.63, 3.8) is 0 Å². The Bertz CT molecular complexity index is 545. The minimum Gasteiger partial charge on any atom is -0.484 e. The number of amides is 1. The van der Waals surface area contributed by atoms with E-state index in [0.717, 1.165) is 6.08 Å². The molecule has 0 spiro atoms. The number of alkyl halides is 3. The summed E-state index contributed by atoms with van der Waals surface area (Å²) in [5, 5.41) is 8.67. The molecule has 100 valence electrons. The van der Waals surface area contributed by atoms with Crippen LogP contribution in [-0.2, 0) is 4.79 Å². The first kappa shape index (κ1) is 14.6. The van der Waals surface area contributed by atoms with Gasteiger partial charge in [0.25, 0.3) is 5.91 Å². The Labute approximate surface area is 106 Å². The van der Waals surface area contributed by atoms with Gasteiger partial charge in [-0.3, -0.25) is 4.79 Å². The molecule has 2 N–H and O–H groups in total. The number of para-hydroxylation sites is 1. The van der Waals surface area contributed by atoms with Crippen LogP contribution >= 0.6 is 0 Å². The van der Waals surface area contributed by atoms with E-state index in [4.69, 9.17) is 11.0 Å². The molecule has 0 radical (unpaired) electrons. The lowest BCUT2D eigenvalue weighted by Crippen LogP contribution is -2.19. The number of benzene rings is 1. The fourth-order valence-corrected chi connectivity index (χ4v) is 1.20. The van der Waals surface area contributed by atoms with Gasteiger partial charge in [-0.1, -0.05) is 18.2 Å². The molecule has 0 aliphatic rings. The molecule has 1 aromatic carbocycles. The molecule has 0 fully saturated rings. The van der Waals surface area contributed by atoms with Gasteiger partial charge in [0, 0.05) is 5.56 Å². The van der Waals surface area contributed by atoms with Gasteiger partial charge in [-0.2, -0.15) is 18.4 Å². The van der Waals surface area contributed by atoms with Crippen molar-refractivity contribution in [1.82, 2.24) is 0 Å². The van der Waals surface area contributed by atoms with Crippen LogP contribution in [0.15, 0.2) is 29.8 Å². The number of carbonyl (C=O) groups excluding carboxylic acids is 1. The van der Waals surface area contributed by atoms with E-state index in [-0.39, 0.29) is 16.9 Å². The number of hydrogen-bond acceptors (Lipinski definition) is 3. The second-order valence-electron chi connectivity index (χ2n) is 3.48. The number of carbonyl (C=O) groups is 1. The lowest BCUT2D eigenvalue weighted by molar-refractivity contribution is -0.153. The van der Waals surface area contributed by atoms with Crippen molar-refractivity contribution in [2.75, 3.05) is 6.61 Å². The van der Waals surface area contributed by atoms with Crippen LogP contribution in [0.3, 0.4) is 0 Å². The van der Waals surface area contributed by atoms with Crippen molar-refractivity contribution < 1.29 is 22.7 Å². The lowest BCUT2D eigenvalue weighted by Gasteiger charge is -2.11. The second-order valence-corrected chi connectivity index (χ2v) is 3.48. The molecule has 0 aliphatic carbocycles. The van der Waals surface area contributed by atoms with Gasteiger partial charge in [0.05, 0.1) is 0 Å². The van der Waals surface area contributed by atoms with E-state index in [2.05, 4.69) is 4.74 Å². The standard InChI is InChI=1S/C12H9F3N2O2/c13-12(14,15)7-19-10-4-2-1-3-8(10)5-9(6-16)11(17)18/h1-5H,7H2,(H2,17,18). The third kappa shape index (κ3) is 4.71. The van der Waals surface area contributed by atoms with Crippen molar-refractivity contribution >= 4 is 12.0 Å². The van der Waals surface area contributed by atoms with Gasteiger partial charge in [-0.25, -0.2) is 0 Å². The molecule has 0 aromatic heterocycles. The number of ether oxygens (including phenoxy) is 1. The van der Waals surface area contributed by atoms with Crippen molar-refractivity contribution in [2.24, 2.45) is 5.73 Å². The predicted molar refractivity (Wildman–Crippen MR) is 60.8 cm³/mol. The van der Waals surface area contributed by atoms with Crippen LogP contribution in [-0.4, -0.2) is 18.7 Å². The Morgan fingerprint density at radius 3 is 2.58 bits per heavy atom. The molecule has 0 saturated carbocycles. The number of nitrogens with zero attached hydrogens (tertiary/aromatic N) is 1. The summed E-state index contributed by atoms with van der Waals surface area (Å²) < 4.78 is 40.8. The van der Waals surface area contributed by atoms with E-state index in [1.807, 2.05) is 0 Å². The molecule has 1 amide bonds. The maximum absolute atomic E-state index is 12.1. The van der Waals surface area contributed by atoms with Crippen LogP contribution in [0.25, 0.3) is 6.08 Å². The topological polar surface area (TPSA) is 76.1 Å². The zero-order valence-corrected chi connectivity index (χ0v) is 9.57. The van der Waals surface area contributed by atoms with Crippen LogP contribution in [0.5, 0.6) is 5.75 Å². The molecule has 0 heterocycles. The van der Waals surface area contributed by atoms with E-state index in [0.29, 0.717) is 0 Å². The first-order valence-corrected chi connectivity index (χ1v) is 5.03. The first-order chi connectivity index (χ1) is 8.83. The summed E-state index contributed by atoms with van der Waals surface area (Å²) in [6.07, 6.45) is -3.40. The maximum Gasteiger partial charge on any atom is 0.422 e. The highest BCUT2D eigenvalue weighted by atomic mass is 19.4. The van der Waals surface area contributed by atoms with E-state index < -0.39 is 18.7 Å². The molecule has 0 aliphatic heterocycles. The molecule has 4 nitrogen and oxygen atoms in total. The highest BCUT2D eigenvalue weighted by Crippen LogP contribution is 2.23. The number of primary amides is 1. The molecule has 1 rings (SSSR count). The largest absolute Gasteiger partial charge is 0.484 e. The zero-order valence-electron chi connectivity index (χ0n) is 9.57. The predicted octanol–water partition coefficient (Wildman–Crippen LogP) is 2.02. The summed E-state index contributed by atoms with van der Waals surface area (Å²) in [6.45, 7) is -1.46. The molecular formula is C12H9F3N2O2. The first-order valence-electron chi connectivity index (χ1n) is 5.03. The number of halogens is 3. The van der Waals surface area contributed by atoms with Gasteiger partial charge in [0.15, 0.2) is 6.61 Å². The Balaban J connectivity index is 3.03. The van der Waals surface area contributed by atoms with Crippen molar-refractivity contribution in [3.8, 4) is 11.8 Å². The maximum atomic E-state index is 12.1. The number of hydrogen-bond donors (Lipinski definition) is 1. The molecule has 0 atom stereocenters. The SMILES string of the molecule is N#CC(=Cc1ccccc1OCC(F)(F)F)C(N)=O. The summed E-state index contributed by atoms with van der Waals surface area (Å²) in [4.78, 5) is 10.9. The number of rotatable bonds is 4. The average Bonchev–Trinajstić information content (AvgIpc) is 2.33. The summed E-state index contributed by atoms with van der Waals surface area (Å²) in [7, 11) is 0. The number of nitrogens with two attached hydrogens (primary N) is 1. The summed E-state index contributed by atoms with van der Waals surface area (Å²) in [5.41, 5.74) is 4.73. The monoisotopic (exact) mass is 270 g/mol. The van der Waals surface area contributed by atoms with Gasteiger partial charge in [-0.05, 0) is 12.1 Å². The van der Waals surface area contributed by atoms with Crippen LogP contribution in [0.1, 0.15) is 5.56 Å². The Morgan fingerprint density at radius 2 is 2.05 bits per heavy atom. The molecule has 0 unspecified atom stereocenters. The van der Waals surface area contributed by atoms with Crippen LogP contribution in [0.2, 0.25) is 0 Å². The fraction of sp³-hybridized carbons (Fsp3) is 0.167. The van der Waals surface area contributed by atoms with Gasteiger partial charge in [-0.15, -0.1) is 0 Å². The molecule has 1 aromatic rings. The van der Waals surface area contributed by atoms with Crippen LogP contribution < -0.4 is 10.5 Å². The van der Waals surface area contributed by atoms with Gasteiger partial charge < -0.3 is 10.5 Å². The van der Waals surface area contributed by atoms with Gasteiger partial charge >= 0.3 is 6.18 Å². The Kier molecular flexibility index (Phi) is 4.53. The lowest BCUT2D eigenvalue weighted by atomic mass is 10.1. The molecule has 19 heavy (non-hydrogen) atoms. The molecule has 7 heteroatoms. The van der Waals surface area contributed by atoms with Crippen molar-refractivity contribution in [2.45, 2.75) is 6.18 Å². The van der Waals surface area contributed by atoms with Gasteiger partial charge in [0.1, 0.15) is 17.4 Å². The highest BCUT2D eigenvalue weighted by Gasteiger charge is 2.28. The van der Waals surface area contributed by atoms with Crippen LogP contribution in [0, 0.1) is 11.3 Å². The summed E-state index contributed by atoms with van der Waals surface area (Å²) in [6, 6.07) is 7.27. The summed E-state index contributed by atoms with van der Waals surface area (Å²) >= 11 is 0. The minimum absolute atomic E-state index is 0.0891. The van der Waals surface area contributed by atoms with Crippen molar-refractivity contribution in [3.05, 3.63) is 35.4 Å². The zero-order chi connectivity index (χ0) is 14.5. The quantitative estimate of drug-likeness (QED) is 0.671. The van der Waals surface area contributed by atoms with Crippen LogP contribution in [0.4, 0.5) is 13.2 Å². The fourth-order valence-electron chi connectivity index (χ4n) is 1.20. The van der Waals surface area contributed by atoms with E-state index in [9.17, 15) is 18.0 Å². The Morgan fingerprint density at radius 1 is 1.42 bits per heavy atom.